The summed E-state index contributed by atoms with van der Waals surface area (Å²) in [4.78, 5) is 58.7. The summed E-state index contributed by atoms with van der Waals surface area (Å²) in [5, 5.41) is 0. The predicted molar refractivity (Wildman–Crippen MR) is 107 cm³/mol. The Morgan fingerprint density at radius 2 is 1.67 bits per heavy atom. The lowest BCUT2D eigenvalue weighted by Gasteiger charge is -2.47. The Labute approximate surface area is 175 Å². The smallest absolute Gasteiger partial charge is 0.249 e. The minimum absolute atomic E-state index is 0.0678. The molecule has 5 aliphatic rings. The van der Waals surface area contributed by atoms with E-state index >= 15 is 0 Å². The highest BCUT2D eigenvalue weighted by Gasteiger charge is 2.74. The third kappa shape index (κ3) is 2.26. The second-order valence-electron chi connectivity index (χ2n) is 9.72. The lowest BCUT2D eigenvalue weighted by atomic mass is 9.79. The number of nitrogens with zero attached hydrogens (tertiary/aromatic N) is 3. The number of imide groups is 1. The van der Waals surface area contributed by atoms with E-state index in [-0.39, 0.29) is 42.1 Å². The summed E-state index contributed by atoms with van der Waals surface area (Å²) < 4.78 is 0. The lowest BCUT2D eigenvalue weighted by Crippen LogP contribution is -2.69. The van der Waals surface area contributed by atoms with Crippen LogP contribution in [-0.4, -0.2) is 58.1 Å². The number of hydrogen-bond donors (Lipinski definition) is 0. The molecule has 0 radical (unpaired) electrons. The zero-order valence-electron chi connectivity index (χ0n) is 17.0. The van der Waals surface area contributed by atoms with Crippen molar-refractivity contribution in [2.24, 2.45) is 23.7 Å². The Hall–Kier alpha value is -2.70. The van der Waals surface area contributed by atoms with Crippen LogP contribution < -0.4 is 4.90 Å². The molecule has 1 aromatic rings. The molecule has 1 aromatic carbocycles. The summed E-state index contributed by atoms with van der Waals surface area (Å²) in [6, 6.07) is 8.56. The predicted octanol–water partition coefficient (Wildman–Crippen LogP) is 1.42. The van der Waals surface area contributed by atoms with Gasteiger partial charge in [0.25, 0.3) is 0 Å². The Kier molecular flexibility index (Phi) is 3.58. The van der Waals surface area contributed by atoms with Gasteiger partial charge in [-0.15, -0.1) is 0 Å². The van der Waals surface area contributed by atoms with Crippen LogP contribution in [0.15, 0.2) is 30.3 Å². The van der Waals surface area contributed by atoms with E-state index in [0.29, 0.717) is 18.2 Å². The number of amides is 4. The van der Waals surface area contributed by atoms with Gasteiger partial charge < -0.3 is 9.80 Å². The van der Waals surface area contributed by atoms with Crippen molar-refractivity contribution in [1.29, 1.82) is 0 Å². The van der Waals surface area contributed by atoms with E-state index in [4.69, 9.17) is 0 Å². The van der Waals surface area contributed by atoms with Gasteiger partial charge in [-0.1, -0.05) is 18.2 Å². The summed E-state index contributed by atoms with van der Waals surface area (Å²) in [7, 11) is 0. The summed E-state index contributed by atoms with van der Waals surface area (Å²) in [6.07, 6.45) is 4.02. The number of rotatable bonds is 4. The Balaban J connectivity index is 1.45. The normalized spacial score (nSPS) is 35.9. The number of benzene rings is 1. The molecular weight excluding hydrogens is 382 g/mol. The standard InChI is InChI=1S/C23H25N3O4/c1-23-18-17(20(28)25(21(18)29)15-5-3-2-4-6-15)19(14-9-10-14)26(23)16(27)12-24(22(23)30)11-13-7-8-13/h2-6,13-14,17-19H,7-12H2,1H3/t17-,18-,19-,23-/m1/s1. The first-order valence-corrected chi connectivity index (χ1v) is 11.0. The summed E-state index contributed by atoms with van der Waals surface area (Å²) in [6.45, 7) is 2.37. The molecule has 0 N–H and O–H groups in total. The number of hydrogen-bond acceptors (Lipinski definition) is 4. The monoisotopic (exact) mass is 407 g/mol. The molecule has 7 nitrogen and oxygen atoms in total. The minimum Gasteiger partial charge on any atom is -0.331 e. The lowest BCUT2D eigenvalue weighted by molar-refractivity contribution is -0.166. The van der Waals surface area contributed by atoms with Crippen LogP contribution in [0.4, 0.5) is 5.69 Å². The number of carbonyl (C=O) groups is 4. The van der Waals surface area contributed by atoms with Crippen LogP contribution in [-0.2, 0) is 19.2 Å². The van der Waals surface area contributed by atoms with E-state index in [0.717, 1.165) is 25.7 Å². The van der Waals surface area contributed by atoms with E-state index in [1.807, 2.05) is 6.07 Å². The van der Waals surface area contributed by atoms with Crippen LogP contribution in [0.5, 0.6) is 0 Å². The fourth-order valence-corrected chi connectivity index (χ4v) is 6.07. The van der Waals surface area contributed by atoms with Gasteiger partial charge in [-0.05, 0) is 56.6 Å². The van der Waals surface area contributed by atoms with Crippen LogP contribution in [0.3, 0.4) is 0 Å². The molecular formula is C23H25N3O4. The molecule has 0 unspecified atom stereocenters. The van der Waals surface area contributed by atoms with Gasteiger partial charge in [0.1, 0.15) is 5.54 Å². The van der Waals surface area contributed by atoms with Crippen molar-refractivity contribution in [3.63, 3.8) is 0 Å². The molecule has 4 atom stereocenters. The first-order chi connectivity index (χ1) is 14.4. The average molecular weight is 407 g/mol. The summed E-state index contributed by atoms with van der Waals surface area (Å²) in [5.74, 6) is -1.69. The second-order valence-corrected chi connectivity index (χ2v) is 9.72. The Morgan fingerprint density at radius 3 is 2.30 bits per heavy atom. The molecule has 0 aromatic heterocycles. The van der Waals surface area contributed by atoms with Gasteiger partial charge in [-0.2, -0.15) is 0 Å². The van der Waals surface area contributed by atoms with E-state index in [9.17, 15) is 19.2 Å². The van der Waals surface area contributed by atoms with E-state index < -0.39 is 17.4 Å². The fourth-order valence-electron chi connectivity index (χ4n) is 6.07. The van der Waals surface area contributed by atoms with Crippen molar-refractivity contribution >= 4 is 29.3 Å². The van der Waals surface area contributed by atoms with Crippen LogP contribution in [0.25, 0.3) is 0 Å². The van der Waals surface area contributed by atoms with Crippen molar-refractivity contribution in [3.8, 4) is 0 Å². The van der Waals surface area contributed by atoms with Crippen molar-refractivity contribution in [1.82, 2.24) is 9.80 Å². The van der Waals surface area contributed by atoms with Gasteiger partial charge in [0.2, 0.25) is 23.6 Å². The third-order valence-corrected chi connectivity index (χ3v) is 7.73. The molecule has 3 aliphatic heterocycles. The summed E-state index contributed by atoms with van der Waals surface area (Å²) in [5.41, 5.74) is -0.741. The molecule has 4 amide bonds. The van der Waals surface area contributed by atoms with Crippen LogP contribution in [0, 0.1) is 23.7 Å². The highest BCUT2D eigenvalue weighted by atomic mass is 16.2. The zero-order valence-corrected chi connectivity index (χ0v) is 17.0. The Bertz CT molecular complexity index is 970. The summed E-state index contributed by atoms with van der Waals surface area (Å²) >= 11 is 0. The largest absolute Gasteiger partial charge is 0.331 e. The van der Waals surface area contributed by atoms with Crippen LogP contribution >= 0.6 is 0 Å². The van der Waals surface area contributed by atoms with Gasteiger partial charge in [-0.3, -0.25) is 19.2 Å². The SMILES string of the molecule is C[C@@]12C(=O)N(CC3CC3)CC(=O)N1[C@H](C1CC1)[C@@H]1C(=O)N(c3ccccc3)C(=O)[C@@H]12. The first-order valence-electron chi connectivity index (χ1n) is 11.0. The van der Waals surface area contributed by atoms with Crippen LogP contribution in [0.1, 0.15) is 32.6 Å². The van der Waals surface area contributed by atoms with Crippen molar-refractivity contribution in [2.45, 2.75) is 44.2 Å². The molecule has 0 bridgehead atoms. The molecule has 6 rings (SSSR count). The maximum absolute atomic E-state index is 13.7. The molecule has 7 heteroatoms. The molecule has 2 aliphatic carbocycles. The van der Waals surface area contributed by atoms with Gasteiger partial charge in [0.15, 0.2) is 0 Å². The second kappa shape index (κ2) is 5.93. The van der Waals surface area contributed by atoms with Crippen molar-refractivity contribution < 1.29 is 19.2 Å². The molecule has 3 saturated heterocycles. The number of anilines is 1. The minimum atomic E-state index is -1.28. The van der Waals surface area contributed by atoms with E-state index in [2.05, 4.69) is 0 Å². The number of carbonyl (C=O) groups excluding carboxylic acids is 4. The van der Waals surface area contributed by atoms with E-state index in [1.165, 1.54) is 4.90 Å². The van der Waals surface area contributed by atoms with Crippen molar-refractivity contribution in [3.05, 3.63) is 30.3 Å². The highest BCUT2D eigenvalue weighted by Crippen LogP contribution is 2.57. The number of para-hydroxylation sites is 1. The first kappa shape index (κ1) is 18.1. The number of piperazine rings is 1. The molecule has 2 saturated carbocycles. The van der Waals surface area contributed by atoms with Crippen molar-refractivity contribution in [2.75, 3.05) is 18.0 Å². The topological polar surface area (TPSA) is 78.0 Å². The maximum atomic E-state index is 13.7. The van der Waals surface area contributed by atoms with Gasteiger partial charge in [0.05, 0.1) is 24.1 Å². The molecule has 0 spiro atoms. The Morgan fingerprint density at radius 1 is 0.967 bits per heavy atom. The molecule has 3 heterocycles. The van der Waals surface area contributed by atoms with Gasteiger partial charge in [-0.25, -0.2) is 4.90 Å². The number of fused-ring (bicyclic) bond motifs is 3. The van der Waals surface area contributed by atoms with Gasteiger partial charge >= 0.3 is 0 Å². The van der Waals surface area contributed by atoms with Crippen LogP contribution in [0.2, 0.25) is 0 Å². The zero-order chi connectivity index (χ0) is 20.8. The third-order valence-electron chi connectivity index (χ3n) is 7.73. The molecule has 30 heavy (non-hydrogen) atoms. The quantitative estimate of drug-likeness (QED) is 0.708. The molecule has 5 fully saturated rings. The highest BCUT2D eigenvalue weighted by molar-refractivity contribution is 6.25. The van der Waals surface area contributed by atoms with Gasteiger partial charge in [0, 0.05) is 12.6 Å². The van der Waals surface area contributed by atoms with E-state index in [1.54, 1.807) is 41.0 Å². The maximum Gasteiger partial charge on any atom is 0.249 e. The fraction of sp³-hybridized carbons (Fsp3) is 0.565. The molecule has 156 valence electrons. The average Bonchev–Trinajstić information content (AvgIpc) is 3.64.